The van der Waals surface area contributed by atoms with E-state index in [-0.39, 0.29) is 5.91 Å². The maximum absolute atomic E-state index is 12.3. The maximum Gasteiger partial charge on any atom is 0.326 e. The molecule has 0 aromatic carbocycles. The number of rotatable bonds is 3. The lowest BCUT2D eigenvalue weighted by atomic mass is 9.86. The molecule has 0 fully saturated rings. The number of aliphatic carboxylic acids is 1. The molecule has 0 spiro atoms. The van der Waals surface area contributed by atoms with Crippen LogP contribution in [0.2, 0.25) is 0 Å². The van der Waals surface area contributed by atoms with Crippen LogP contribution in [0.25, 0.3) is 0 Å². The summed E-state index contributed by atoms with van der Waals surface area (Å²) in [5.41, 5.74) is 0.735. The molecule has 2 atom stereocenters. The number of nitrogens with one attached hydrogen (secondary N) is 1. The Morgan fingerprint density at radius 1 is 1.43 bits per heavy atom. The highest BCUT2D eigenvalue weighted by molar-refractivity contribution is 7.14. The van der Waals surface area contributed by atoms with Gasteiger partial charge in [0.15, 0.2) is 0 Å². The second-order valence-corrected chi connectivity index (χ2v) is 8.15. The van der Waals surface area contributed by atoms with Crippen molar-refractivity contribution in [1.82, 2.24) is 5.32 Å². The molecule has 1 aliphatic carbocycles. The summed E-state index contributed by atoms with van der Waals surface area (Å²) in [6.07, 6.45) is 3.20. The molecule has 2 rings (SSSR count). The van der Waals surface area contributed by atoms with Crippen LogP contribution >= 0.6 is 11.3 Å². The predicted molar refractivity (Wildman–Crippen MR) is 83.9 cm³/mol. The van der Waals surface area contributed by atoms with E-state index < -0.39 is 17.4 Å². The molecule has 0 saturated carbocycles. The van der Waals surface area contributed by atoms with Crippen molar-refractivity contribution in [2.45, 2.75) is 53.0 Å². The number of carboxylic acid groups (broad SMARTS) is 1. The fraction of sp³-hybridized carbons (Fsp3) is 0.625. The van der Waals surface area contributed by atoms with Crippen LogP contribution < -0.4 is 5.32 Å². The van der Waals surface area contributed by atoms with Crippen LogP contribution in [0.15, 0.2) is 6.07 Å². The molecule has 1 aromatic heterocycles. The van der Waals surface area contributed by atoms with E-state index in [2.05, 4.69) is 12.2 Å². The second kappa shape index (κ2) is 5.79. The molecule has 1 amide bonds. The normalized spacial score (nSPS) is 19.7. The third kappa shape index (κ3) is 3.64. The molecule has 116 valence electrons. The molecular weight excluding hydrogens is 286 g/mol. The average molecular weight is 309 g/mol. The topological polar surface area (TPSA) is 66.4 Å². The number of fused-ring (bicyclic) bond motifs is 1. The molecule has 5 heteroatoms. The summed E-state index contributed by atoms with van der Waals surface area (Å²) < 4.78 is 0. The fourth-order valence-electron chi connectivity index (χ4n) is 2.67. The lowest BCUT2D eigenvalue weighted by Gasteiger charge is -2.27. The van der Waals surface area contributed by atoms with Crippen molar-refractivity contribution in [3.63, 3.8) is 0 Å². The minimum absolute atomic E-state index is 0.274. The number of carboxylic acids is 1. The van der Waals surface area contributed by atoms with Crippen molar-refractivity contribution in [2.75, 3.05) is 0 Å². The van der Waals surface area contributed by atoms with Gasteiger partial charge in [0, 0.05) is 4.88 Å². The first-order chi connectivity index (χ1) is 9.68. The Kier molecular flexibility index (Phi) is 4.42. The van der Waals surface area contributed by atoms with Gasteiger partial charge in [-0.2, -0.15) is 0 Å². The molecule has 1 unspecified atom stereocenters. The van der Waals surface area contributed by atoms with Crippen LogP contribution in [0.3, 0.4) is 0 Å². The third-order valence-electron chi connectivity index (χ3n) is 3.94. The zero-order chi connectivity index (χ0) is 15.8. The van der Waals surface area contributed by atoms with E-state index in [1.807, 2.05) is 26.8 Å². The van der Waals surface area contributed by atoms with E-state index in [0.717, 1.165) is 19.3 Å². The van der Waals surface area contributed by atoms with Crippen LogP contribution in [0, 0.1) is 11.3 Å². The summed E-state index contributed by atoms with van der Waals surface area (Å²) in [6, 6.07) is 1.05. The van der Waals surface area contributed by atoms with Gasteiger partial charge in [-0.3, -0.25) is 4.79 Å². The third-order valence-corrected chi connectivity index (χ3v) is 5.18. The number of hydrogen-bond acceptors (Lipinski definition) is 3. The van der Waals surface area contributed by atoms with Crippen molar-refractivity contribution >= 4 is 23.2 Å². The average Bonchev–Trinajstić information content (AvgIpc) is 2.76. The van der Waals surface area contributed by atoms with Crippen LogP contribution in [0.4, 0.5) is 0 Å². The van der Waals surface area contributed by atoms with Crippen molar-refractivity contribution in [1.29, 1.82) is 0 Å². The SMILES string of the molecule is CC1CCc2sc(C(=O)N[C@H](C(=O)O)C(C)(C)C)cc2C1. The van der Waals surface area contributed by atoms with Gasteiger partial charge < -0.3 is 10.4 Å². The highest BCUT2D eigenvalue weighted by Gasteiger charge is 2.33. The number of amides is 1. The lowest BCUT2D eigenvalue weighted by Crippen LogP contribution is -2.48. The summed E-state index contributed by atoms with van der Waals surface area (Å²) >= 11 is 1.50. The van der Waals surface area contributed by atoms with Gasteiger partial charge in [0.05, 0.1) is 4.88 Å². The van der Waals surface area contributed by atoms with E-state index in [4.69, 9.17) is 0 Å². The quantitative estimate of drug-likeness (QED) is 0.901. The van der Waals surface area contributed by atoms with Crippen molar-refractivity contribution in [3.05, 3.63) is 21.4 Å². The van der Waals surface area contributed by atoms with E-state index in [0.29, 0.717) is 10.8 Å². The maximum atomic E-state index is 12.3. The van der Waals surface area contributed by atoms with Crippen LogP contribution in [0.1, 0.15) is 54.2 Å². The van der Waals surface area contributed by atoms with Crippen molar-refractivity contribution < 1.29 is 14.7 Å². The van der Waals surface area contributed by atoms with Gasteiger partial charge in [-0.25, -0.2) is 4.79 Å². The highest BCUT2D eigenvalue weighted by atomic mass is 32.1. The van der Waals surface area contributed by atoms with Gasteiger partial charge in [0.2, 0.25) is 0 Å². The summed E-state index contributed by atoms with van der Waals surface area (Å²) in [6.45, 7) is 7.66. The van der Waals surface area contributed by atoms with Crippen LogP contribution in [-0.4, -0.2) is 23.0 Å². The van der Waals surface area contributed by atoms with Gasteiger partial charge in [-0.15, -0.1) is 11.3 Å². The van der Waals surface area contributed by atoms with Crippen molar-refractivity contribution in [2.24, 2.45) is 11.3 Å². The molecule has 2 N–H and O–H groups in total. The molecule has 1 aliphatic rings. The first-order valence-electron chi connectivity index (χ1n) is 7.33. The van der Waals surface area contributed by atoms with E-state index in [1.54, 1.807) is 0 Å². The first-order valence-corrected chi connectivity index (χ1v) is 8.15. The van der Waals surface area contributed by atoms with Crippen LogP contribution in [0.5, 0.6) is 0 Å². The largest absolute Gasteiger partial charge is 0.480 e. The number of aryl methyl sites for hydroxylation is 1. The summed E-state index contributed by atoms with van der Waals surface area (Å²) in [7, 11) is 0. The van der Waals surface area contributed by atoms with E-state index in [9.17, 15) is 14.7 Å². The Balaban J connectivity index is 2.15. The van der Waals surface area contributed by atoms with Gasteiger partial charge >= 0.3 is 5.97 Å². The second-order valence-electron chi connectivity index (χ2n) is 7.02. The highest BCUT2D eigenvalue weighted by Crippen LogP contribution is 2.32. The number of carbonyl (C=O) groups excluding carboxylic acids is 1. The summed E-state index contributed by atoms with van der Waals surface area (Å²) in [4.78, 5) is 25.6. The molecule has 21 heavy (non-hydrogen) atoms. The standard InChI is InChI=1S/C16H23NO3S/c1-9-5-6-11-10(7-9)8-12(21-11)14(18)17-13(15(19)20)16(2,3)4/h8-9,13H,5-7H2,1-4H3,(H,17,18)(H,19,20)/t9?,13-/m1/s1. The fourth-order valence-corrected chi connectivity index (χ4v) is 3.78. The first kappa shape index (κ1) is 16.0. The molecule has 1 heterocycles. The predicted octanol–water partition coefficient (Wildman–Crippen LogP) is 3.10. The van der Waals surface area contributed by atoms with Crippen LogP contribution in [-0.2, 0) is 17.6 Å². The Morgan fingerprint density at radius 2 is 2.10 bits per heavy atom. The Labute approximate surface area is 129 Å². The van der Waals surface area contributed by atoms with Gasteiger partial charge in [-0.1, -0.05) is 27.7 Å². The molecule has 0 saturated heterocycles. The molecule has 0 radical (unpaired) electrons. The zero-order valence-corrected chi connectivity index (χ0v) is 13.8. The minimum atomic E-state index is -0.995. The van der Waals surface area contributed by atoms with E-state index in [1.165, 1.54) is 21.8 Å². The minimum Gasteiger partial charge on any atom is -0.480 e. The Hall–Kier alpha value is -1.36. The summed E-state index contributed by atoms with van der Waals surface area (Å²) in [5.74, 6) is -0.612. The number of hydrogen-bond donors (Lipinski definition) is 2. The van der Waals surface area contributed by atoms with Gasteiger partial charge in [0.25, 0.3) is 5.91 Å². The Bertz CT molecular complexity index is 556. The van der Waals surface area contributed by atoms with Gasteiger partial charge in [-0.05, 0) is 42.2 Å². The molecular formula is C16H23NO3S. The zero-order valence-electron chi connectivity index (χ0n) is 13.0. The van der Waals surface area contributed by atoms with E-state index >= 15 is 0 Å². The van der Waals surface area contributed by atoms with Crippen molar-refractivity contribution in [3.8, 4) is 0 Å². The summed E-state index contributed by atoms with van der Waals surface area (Å²) in [5, 5.41) is 12.0. The lowest BCUT2D eigenvalue weighted by molar-refractivity contribution is -0.142. The molecule has 1 aromatic rings. The molecule has 0 bridgehead atoms. The number of carbonyl (C=O) groups is 2. The van der Waals surface area contributed by atoms with Gasteiger partial charge in [0.1, 0.15) is 6.04 Å². The number of thiophene rings is 1. The molecule has 4 nitrogen and oxygen atoms in total. The monoisotopic (exact) mass is 309 g/mol. The molecule has 0 aliphatic heterocycles. The Morgan fingerprint density at radius 3 is 2.67 bits per heavy atom. The smallest absolute Gasteiger partial charge is 0.326 e.